The SMILES string of the molecule is COc1ccc(N2CCCN(Cc3csc(-c4ccccc4)n3)CC2)c(OC)c1. The van der Waals surface area contributed by atoms with E-state index in [1.165, 1.54) is 5.56 Å². The molecule has 0 unspecified atom stereocenters. The number of ether oxygens (including phenoxy) is 2. The standard InChI is InChI=1S/C23H27N3O2S/c1-27-20-9-10-21(22(15-20)28-2)26-12-6-11-25(13-14-26)16-19-17-29-23(24-19)18-7-4-3-5-8-18/h3-5,7-10,15,17H,6,11-14,16H2,1-2H3. The van der Waals surface area contributed by atoms with Crippen molar-refractivity contribution in [3.05, 3.63) is 59.6 Å². The van der Waals surface area contributed by atoms with Gasteiger partial charge in [-0.1, -0.05) is 30.3 Å². The molecule has 4 rings (SSSR count). The Labute approximate surface area is 176 Å². The molecule has 1 aromatic heterocycles. The first-order chi connectivity index (χ1) is 14.3. The summed E-state index contributed by atoms with van der Waals surface area (Å²) in [7, 11) is 3.40. The van der Waals surface area contributed by atoms with Gasteiger partial charge < -0.3 is 14.4 Å². The Bertz CT molecular complexity index is 929. The third-order valence-electron chi connectivity index (χ3n) is 5.27. The average molecular weight is 410 g/mol. The molecule has 1 saturated heterocycles. The van der Waals surface area contributed by atoms with Gasteiger partial charge in [-0.15, -0.1) is 11.3 Å². The van der Waals surface area contributed by atoms with Gasteiger partial charge in [-0.05, 0) is 18.6 Å². The fourth-order valence-corrected chi connectivity index (χ4v) is 4.56. The molecule has 0 bridgehead atoms. The molecule has 1 aliphatic heterocycles. The van der Waals surface area contributed by atoms with Crippen molar-refractivity contribution in [1.29, 1.82) is 0 Å². The molecule has 0 saturated carbocycles. The fraction of sp³-hybridized carbons (Fsp3) is 0.348. The molecule has 3 aromatic rings. The highest BCUT2D eigenvalue weighted by Gasteiger charge is 2.19. The molecular formula is C23H27N3O2S. The maximum atomic E-state index is 5.61. The van der Waals surface area contributed by atoms with Crippen LogP contribution in [0, 0.1) is 0 Å². The second-order valence-corrected chi connectivity index (χ2v) is 8.02. The number of nitrogens with zero attached hydrogens (tertiary/aromatic N) is 3. The molecular weight excluding hydrogens is 382 g/mol. The number of rotatable bonds is 6. The van der Waals surface area contributed by atoms with Crippen LogP contribution in [-0.2, 0) is 6.54 Å². The van der Waals surface area contributed by atoms with Gasteiger partial charge in [-0.3, -0.25) is 4.90 Å². The van der Waals surface area contributed by atoms with Crippen LogP contribution in [0.15, 0.2) is 53.9 Å². The lowest BCUT2D eigenvalue weighted by Gasteiger charge is -2.25. The second-order valence-electron chi connectivity index (χ2n) is 7.16. The van der Waals surface area contributed by atoms with E-state index in [1.807, 2.05) is 18.2 Å². The van der Waals surface area contributed by atoms with E-state index in [2.05, 4.69) is 45.5 Å². The Kier molecular flexibility index (Phi) is 6.32. The van der Waals surface area contributed by atoms with Gasteiger partial charge in [0.25, 0.3) is 0 Å². The molecule has 5 nitrogen and oxygen atoms in total. The van der Waals surface area contributed by atoms with Gasteiger partial charge in [0, 0.05) is 49.7 Å². The minimum atomic E-state index is 0.819. The largest absolute Gasteiger partial charge is 0.497 e. The van der Waals surface area contributed by atoms with E-state index >= 15 is 0 Å². The summed E-state index contributed by atoms with van der Waals surface area (Å²) in [4.78, 5) is 9.77. The zero-order valence-corrected chi connectivity index (χ0v) is 17.8. The second kappa shape index (κ2) is 9.29. The topological polar surface area (TPSA) is 37.8 Å². The quantitative estimate of drug-likeness (QED) is 0.598. The van der Waals surface area contributed by atoms with Gasteiger partial charge in [0.05, 0.1) is 25.6 Å². The lowest BCUT2D eigenvalue weighted by atomic mass is 10.2. The van der Waals surface area contributed by atoms with Crippen LogP contribution in [0.25, 0.3) is 10.6 Å². The molecule has 0 aliphatic carbocycles. The molecule has 152 valence electrons. The van der Waals surface area contributed by atoms with Crippen LogP contribution in [0.4, 0.5) is 5.69 Å². The Balaban J connectivity index is 1.40. The molecule has 0 N–H and O–H groups in total. The van der Waals surface area contributed by atoms with E-state index in [1.54, 1.807) is 25.6 Å². The monoisotopic (exact) mass is 409 g/mol. The Morgan fingerprint density at radius 3 is 2.62 bits per heavy atom. The molecule has 0 radical (unpaired) electrons. The Morgan fingerprint density at radius 2 is 1.83 bits per heavy atom. The predicted octanol–water partition coefficient (Wildman–Crippen LogP) is 4.54. The average Bonchev–Trinajstić information content (AvgIpc) is 3.12. The fourth-order valence-electron chi connectivity index (χ4n) is 3.74. The van der Waals surface area contributed by atoms with Crippen LogP contribution in [0.3, 0.4) is 0 Å². The molecule has 2 aromatic carbocycles. The first-order valence-corrected chi connectivity index (χ1v) is 10.8. The summed E-state index contributed by atoms with van der Waals surface area (Å²) < 4.78 is 10.9. The van der Waals surface area contributed by atoms with Crippen molar-refractivity contribution in [3.8, 4) is 22.1 Å². The Morgan fingerprint density at radius 1 is 0.966 bits per heavy atom. The minimum absolute atomic E-state index is 0.819. The summed E-state index contributed by atoms with van der Waals surface area (Å²) in [5, 5.41) is 3.29. The third kappa shape index (κ3) is 4.71. The number of hydrogen-bond donors (Lipinski definition) is 0. The van der Waals surface area contributed by atoms with Crippen LogP contribution in [0.1, 0.15) is 12.1 Å². The number of thiazole rings is 1. The van der Waals surface area contributed by atoms with Gasteiger partial charge in [0.2, 0.25) is 0 Å². The highest BCUT2D eigenvalue weighted by molar-refractivity contribution is 7.13. The summed E-state index contributed by atoms with van der Waals surface area (Å²) in [6.45, 7) is 4.97. The summed E-state index contributed by atoms with van der Waals surface area (Å²) in [5.41, 5.74) is 3.48. The summed E-state index contributed by atoms with van der Waals surface area (Å²) in [6.07, 6.45) is 1.12. The third-order valence-corrected chi connectivity index (χ3v) is 6.21. The molecule has 1 fully saturated rings. The highest BCUT2D eigenvalue weighted by atomic mass is 32.1. The highest BCUT2D eigenvalue weighted by Crippen LogP contribution is 2.33. The van der Waals surface area contributed by atoms with Crippen molar-refractivity contribution in [2.24, 2.45) is 0 Å². The van der Waals surface area contributed by atoms with Crippen molar-refractivity contribution in [2.75, 3.05) is 45.3 Å². The normalized spacial score (nSPS) is 15.2. The van der Waals surface area contributed by atoms with E-state index in [0.29, 0.717) is 0 Å². The van der Waals surface area contributed by atoms with Gasteiger partial charge in [0.15, 0.2) is 0 Å². The maximum absolute atomic E-state index is 5.61. The number of hydrogen-bond acceptors (Lipinski definition) is 6. The number of benzene rings is 2. The van der Waals surface area contributed by atoms with E-state index < -0.39 is 0 Å². The smallest absolute Gasteiger partial charge is 0.145 e. The van der Waals surface area contributed by atoms with E-state index in [9.17, 15) is 0 Å². The van der Waals surface area contributed by atoms with Gasteiger partial charge >= 0.3 is 0 Å². The lowest BCUT2D eigenvalue weighted by molar-refractivity contribution is 0.282. The van der Waals surface area contributed by atoms with Gasteiger partial charge in [0.1, 0.15) is 16.5 Å². The lowest BCUT2D eigenvalue weighted by Crippen LogP contribution is -2.30. The number of methoxy groups -OCH3 is 2. The summed E-state index contributed by atoms with van der Waals surface area (Å²) >= 11 is 1.73. The first kappa shape index (κ1) is 19.7. The van der Waals surface area contributed by atoms with Crippen molar-refractivity contribution in [1.82, 2.24) is 9.88 Å². The Hall–Kier alpha value is -2.57. The van der Waals surface area contributed by atoms with E-state index in [4.69, 9.17) is 14.5 Å². The maximum Gasteiger partial charge on any atom is 0.145 e. The van der Waals surface area contributed by atoms with Gasteiger partial charge in [-0.2, -0.15) is 0 Å². The van der Waals surface area contributed by atoms with Crippen molar-refractivity contribution >= 4 is 17.0 Å². The van der Waals surface area contributed by atoms with Crippen LogP contribution < -0.4 is 14.4 Å². The number of anilines is 1. The zero-order chi connectivity index (χ0) is 20.1. The molecule has 0 atom stereocenters. The molecule has 2 heterocycles. The molecule has 6 heteroatoms. The first-order valence-electron chi connectivity index (χ1n) is 9.96. The molecule has 0 spiro atoms. The van der Waals surface area contributed by atoms with Crippen LogP contribution in [0.5, 0.6) is 11.5 Å². The van der Waals surface area contributed by atoms with Crippen LogP contribution >= 0.6 is 11.3 Å². The summed E-state index contributed by atoms with van der Waals surface area (Å²) in [6, 6.07) is 16.5. The molecule has 0 amide bonds. The number of aromatic nitrogens is 1. The van der Waals surface area contributed by atoms with Crippen molar-refractivity contribution in [2.45, 2.75) is 13.0 Å². The molecule has 29 heavy (non-hydrogen) atoms. The van der Waals surface area contributed by atoms with Crippen LogP contribution in [-0.4, -0.2) is 50.3 Å². The molecule has 1 aliphatic rings. The minimum Gasteiger partial charge on any atom is -0.497 e. The summed E-state index contributed by atoms with van der Waals surface area (Å²) in [5.74, 6) is 1.68. The van der Waals surface area contributed by atoms with Gasteiger partial charge in [-0.25, -0.2) is 4.98 Å². The van der Waals surface area contributed by atoms with E-state index in [0.717, 1.165) is 67.0 Å². The van der Waals surface area contributed by atoms with Crippen LogP contribution in [0.2, 0.25) is 0 Å². The van der Waals surface area contributed by atoms with Crippen molar-refractivity contribution < 1.29 is 9.47 Å². The van der Waals surface area contributed by atoms with Crippen molar-refractivity contribution in [3.63, 3.8) is 0 Å². The van der Waals surface area contributed by atoms with E-state index in [-0.39, 0.29) is 0 Å². The zero-order valence-electron chi connectivity index (χ0n) is 17.0. The predicted molar refractivity (Wildman–Crippen MR) is 119 cm³/mol.